The van der Waals surface area contributed by atoms with Crippen LogP contribution in [0, 0.1) is 0 Å². The normalized spacial score (nSPS) is 16.4. The van der Waals surface area contributed by atoms with Gasteiger partial charge in [-0.3, -0.25) is 0 Å². The second-order valence-corrected chi connectivity index (χ2v) is 8.15. The largest absolute Gasteiger partial charge is 0.168 e. The highest BCUT2D eigenvalue weighted by Crippen LogP contribution is 2.32. The summed E-state index contributed by atoms with van der Waals surface area (Å²) in [6.07, 6.45) is 2.05. The van der Waals surface area contributed by atoms with Crippen LogP contribution in [0.15, 0.2) is 0 Å². The lowest BCUT2D eigenvalue weighted by atomic mass is 10.9. The third-order valence-electron chi connectivity index (χ3n) is 0.827. The molecule has 2 atom stereocenters. The molecule has 0 aliphatic rings. The summed E-state index contributed by atoms with van der Waals surface area (Å²) < 4.78 is 0.722. The Kier molecular flexibility index (Phi) is 10.3. The van der Waals surface area contributed by atoms with Crippen LogP contribution in [0.25, 0.3) is 0 Å². The predicted molar refractivity (Wildman–Crippen MR) is 73.0 cm³/mol. The van der Waals surface area contributed by atoms with Crippen LogP contribution in [0.4, 0.5) is 0 Å². The number of hydrogen-bond acceptors (Lipinski definition) is 6. The summed E-state index contributed by atoms with van der Waals surface area (Å²) in [5, 5.41) is 0.869. The standard InChI is InChI=1S/C5H12S6/c1-9-5(8)11-4(7)2-10-3-6/h4-8H,2-3H2,1H3. The van der Waals surface area contributed by atoms with E-state index < -0.39 is 0 Å². The summed E-state index contributed by atoms with van der Waals surface area (Å²) >= 11 is 18.2. The van der Waals surface area contributed by atoms with Crippen molar-refractivity contribution in [2.45, 2.75) is 8.50 Å². The molecular formula is C5H12S6. The predicted octanol–water partition coefficient (Wildman–Crippen LogP) is 3.17. The van der Waals surface area contributed by atoms with Crippen molar-refractivity contribution in [3.8, 4) is 0 Å². The van der Waals surface area contributed by atoms with Crippen LogP contribution >= 0.6 is 73.2 Å². The Bertz CT molecular complexity index is 87.0. The van der Waals surface area contributed by atoms with E-state index in [1.165, 1.54) is 0 Å². The molecule has 0 aliphatic carbocycles. The van der Waals surface area contributed by atoms with E-state index in [0.717, 1.165) is 10.8 Å². The highest BCUT2D eigenvalue weighted by atomic mass is 32.3. The van der Waals surface area contributed by atoms with E-state index >= 15 is 0 Å². The van der Waals surface area contributed by atoms with E-state index in [-0.39, 0.29) is 0 Å². The fourth-order valence-electron chi connectivity index (χ4n) is 0.383. The Morgan fingerprint density at radius 2 is 2.00 bits per heavy atom. The Morgan fingerprint density at radius 3 is 2.45 bits per heavy atom. The third-order valence-corrected chi connectivity index (χ3v) is 6.16. The lowest BCUT2D eigenvalue weighted by Gasteiger charge is -2.12. The maximum atomic E-state index is 4.40. The lowest BCUT2D eigenvalue weighted by Crippen LogP contribution is -2.00. The maximum Gasteiger partial charge on any atom is 0.0936 e. The molecule has 0 aliphatic heterocycles. The summed E-state index contributed by atoms with van der Waals surface area (Å²) in [4.78, 5) is 0. The van der Waals surface area contributed by atoms with Gasteiger partial charge in [0.2, 0.25) is 0 Å². The molecule has 0 N–H and O–H groups in total. The average Bonchev–Trinajstić information content (AvgIpc) is 2.00. The SMILES string of the molecule is CSC(S)SC(S)CSCS. The van der Waals surface area contributed by atoms with Gasteiger partial charge in [-0.1, -0.05) is 0 Å². The molecule has 0 spiro atoms. The van der Waals surface area contributed by atoms with Gasteiger partial charge in [0.05, 0.1) is 8.50 Å². The van der Waals surface area contributed by atoms with Gasteiger partial charge < -0.3 is 0 Å². The first-order valence-corrected chi connectivity index (χ1v) is 7.98. The highest BCUT2D eigenvalue weighted by molar-refractivity contribution is 8.30. The van der Waals surface area contributed by atoms with Gasteiger partial charge in [-0.15, -0.1) is 35.3 Å². The molecule has 0 saturated carbocycles. The van der Waals surface area contributed by atoms with Crippen molar-refractivity contribution < 1.29 is 0 Å². The van der Waals surface area contributed by atoms with Crippen LogP contribution in [-0.4, -0.2) is 25.6 Å². The fraction of sp³-hybridized carbons (Fsp3) is 1.00. The van der Waals surface area contributed by atoms with Gasteiger partial charge in [0.15, 0.2) is 0 Å². The van der Waals surface area contributed by atoms with Crippen LogP contribution in [0.2, 0.25) is 0 Å². The summed E-state index contributed by atoms with van der Waals surface area (Å²) in [7, 11) is 0. The van der Waals surface area contributed by atoms with E-state index in [1.54, 1.807) is 35.3 Å². The number of thiol groups is 3. The van der Waals surface area contributed by atoms with Crippen LogP contribution in [0.1, 0.15) is 0 Å². The fourth-order valence-corrected chi connectivity index (χ4v) is 4.38. The molecule has 0 aromatic heterocycles. The number of hydrogen-bond donors (Lipinski definition) is 3. The maximum absolute atomic E-state index is 4.40. The summed E-state index contributed by atoms with van der Waals surface area (Å²) in [5.74, 6) is 1.04. The third kappa shape index (κ3) is 8.43. The van der Waals surface area contributed by atoms with E-state index in [2.05, 4.69) is 44.1 Å². The molecule has 0 rings (SSSR count). The molecule has 6 heteroatoms. The van der Waals surface area contributed by atoms with Crippen LogP contribution in [-0.2, 0) is 0 Å². The van der Waals surface area contributed by atoms with Crippen molar-refractivity contribution in [2.75, 3.05) is 17.1 Å². The molecule has 0 radical (unpaired) electrons. The molecule has 0 fully saturated rings. The van der Waals surface area contributed by atoms with Gasteiger partial charge in [-0.05, 0) is 6.26 Å². The molecule has 0 nitrogen and oxygen atoms in total. The molecule has 0 heterocycles. The second-order valence-electron chi connectivity index (χ2n) is 1.63. The zero-order valence-corrected chi connectivity index (χ0v) is 11.3. The first-order chi connectivity index (χ1) is 5.20. The molecule has 0 bridgehead atoms. The first kappa shape index (κ1) is 13.1. The van der Waals surface area contributed by atoms with Crippen molar-refractivity contribution in [1.29, 1.82) is 0 Å². The van der Waals surface area contributed by atoms with E-state index in [1.807, 2.05) is 0 Å². The Hall–Kier alpha value is 2.10. The van der Waals surface area contributed by atoms with Gasteiger partial charge in [0.1, 0.15) is 0 Å². The zero-order chi connectivity index (χ0) is 8.69. The first-order valence-electron chi connectivity index (χ1n) is 2.93. The Labute approximate surface area is 98.0 Å². The Balaban J connectivity index is 3.27. The number of rotatable bonds is 6. The van der Waals surface area contributed by atoms with Crippen molar-refractivity contribution in [3.05, 3.63) is 0 Å². The minimum absolute atomic E-state index is 0.345. The smallest absolute Gasteiger partial charge is 0.0936 e. The van der Waals surface area contributed by atoms with Gasteiger partial charge in [0.25, 0.3) is 0 Å². The molecule has 2 unspecified atom stereocenters. The highest BCUT2D eigenvalue weighted by Gasteiger charge is 2.08. The van der Waals surface area contributed by atoms with Crippen molar-refractivity contribution in [1.82, 2.24) is 0 Å². The molecule has 0 saturated heterocycles. The molecule has 0 aromatic carbocycles. The van der Waals surface area contributed by atoms with E-state index in [0.29, 0.717) is 8.50 Å². The lowest BCUT2D eigenvalue weighted by molar-refractivity contribution is 1.46. The van der Waals surface area contributed by atoms with Gasteiger partial charge in [-0.2, -0.15) is 37.9 Å². The quantitative estimate of drug-likeness (QED) is 0.498. The van der Waals surface area contributed by atoms with Gasteiger partial charge >= 0.3 is 0 Å². The van der Waals surface area contributed by atoms with Crippen LogP contribution < -0.4 is 0 Å². The number of thioether (sulfide) groups is 3. The summed E-state index contributed by atoms with van der Waals surface area (Å²) in [5.41, 5.74) is 0. The van der Waals surface area contributed by atoms with Crippen molar-refractivity contribution in [2.24, 2.45) is 0 Å². The van der Waals surface area contributed by atoms with Gasteiger partial charge in [-0.25, -0.2) is 0 Å². The van der Waals surface area contributed by atoms with E-state index in [9.17, 15) is 0 Å². The van der Waals surface area contributed by atoms with Crippen molar-refractivity contribution in [3.63, 3.8) is 0 Å². The molecule has 0 aromatic rings. The molecule has 0 amide bonds. The van der Waals surface area contributed by atoms with Crippen LogP contribution in [0.5, 0.6) is 0 Å². The molecular weight excluding hydrogens is 252 g/mol. The molecule has 68 valence electrons. The van der Waals surface area contributed by atoms with Crippen molar-refractivity contribution >= 4 is 73.2 Å². The van der Waals surface area contributed by atoms with Gasteiger partial charge in [0, 0.05) is 10.8 Å². The van der Waals surface area contributed by atoms with E-state index in [4.69, 9.17) is 0 Å². The second kappa shape index (κ2) is 8.69. The Morgan fingerprint density at radius 1 is 1.36 bits per heavy atom. The van der Waals surface area contributed by atoms with Crippen LogP contribution in [0.3, 0.4) is 0 Å². The average molecular weight is 265 g/mol. The minimum Gasteiger partial charge on any atom is -0.168 e. The summed E-state index contributed by atoms with van der Waals surface area (Å²) in [6.45, 7) is 0. The minimum atomic E-state index is 0.345. The molecule has 11 heavy (non-hydrogen) atoms. The topological polar surface area (TPSA) is 0 Å². The summed E-state index contributed by atoms with van der Waals surface area (Å²) in [6, 6.07) is 0. The monoisotopic (exact) mass is 264 g/mol. The zero-order valence-electron chi connectivity index (χ0n) is 6.14.